The molecular weight excluding hydrogens is 277 g/mol. The standard InChI is InChI=1S/C11H15BrFNO2/c1-15-10-7(4-3-5-14)6-8(12)11(16-2)9(10)13/h6H,3-5,14H2,1-2H3. The van der Waals surface area contributed by atoms with Crippen molar-refractivity contribution in [2.24, 2.45) is 5.73 Å². The number of rotatable bonds is 5. The fourth-order valence-corrected chi connectivity index (χ4v) is 2.13. The molecule has 0 aromatic heterocycles. The quantitative estimate of drug-likeness (QED) is 0.907. The van der Waals surface area contributed by atoms with Gasteiger partial charge in [-0.15, -0.1) is 0 Å². The van der Waals surface area contributed by atoms with Gasteiger partial charge < -0.3 is 15.2 Å². The van der Waals surface area contributed by atoms with Crippen LogP contribution in [0.4, 0.5) is 4.39 Å². The second kappa shape index (κ2) is 6.06. The third-order valence-electron chi connectivity index (χ3n) is 2.27. The smallest absolute Gasteiger partial charge is 0.208 e. The molecule has 5 heteroatoms. The van der Waals surface area contributed by atoms with Crippen LogP contribution in [0.25, 0.3) is 0 Å². The average Bonchev–Trinajstić information content (AvgIpc) is 2.26. The van der Waals surface area contributed by atoms with Gasteiger partial charge in [-0.05, 0) is 46.9 Å². The SMILES string of the molecule is COc1c(Br)cc(CCCN)c(OC)c1F. The van der Waals surface area contributed by atoms with E-state index in [0.29, 0.717) is 17.4 Å². The van der Waals surface area contributed by atoms with Crippen LogP contribution in [-0.4, -0.2) is 20.8 Å². The first kappa shape index (κ1) is 13.3. The Balaban J connectivity index is 3.18. The molecule has 0 radical (unpaired) electrons. The van der Waals surface area contributed by atoms with Crippen LogP contribution in [0.1, 0.15) is 12.0 Å². The number of aryl methyl sites for hydroxylation is 1. The molecule has 0 unspecified atom stereocenters. The first-order valence-electron chi connectivity index (χ1n) is 4.94. The van der Waals surface area contributed by atoms with Crippen molar-refractivity contribution in [3.63, 3.8) is 0 Å². The fourth-order valence-electron chi connectivity index (χ4n) is 1.52. The molecule has 0 aliphatic carbocycles. The van der Waals surface area contributed by atoms with Gasteiger partial charge in [0.15, 0.2) is 11.5 Å². The number of ether oxygens (including phenoxy) is 2. The Morgan fingerprint density at radius 1 is 1.31 bits per heavy atom. The second-order valence-corrected chi connectivity index (χ2v) is 4.14. The summed E-state index contributed by atoms with van der Waals surface area (Å²) in [6.45, 7) is 0.564. The molecule has 90 valence electrons. The summed E-state index contributed by atoms with van der Waals surface area (Å²) in [5, 5.41) is 0. The van der Waals surface area contributed by atoms with Gasteiger partial charge in [-0.2, -0.15) is 4.39 Å². The molecule has 1 aromatic rings. The molecule has 0 amide bonds. The van der Waals surface area contributed by atoms with Crippen LogP contribution in [0.3, 0.4) is 0 Å². The topological polar surface area (TPSA) is 44.5 Å². The predicted molar refractivity (Wildman–Crippen MR) is 64.6 cm³/mol. The van der Waals surface area contributed by atoms with Gasteiger partial charge in [0.2, 0.25) is 5.82 Å². The molecule has 0 bridgehead atoms. The van der Waals surface area contributed by atoms with E-state index in [1.807, 2.05) is 0 Å². The van der Waals surface area contributed by atoms with Crippen molar-refractivity contribution in [2.45, 2.75) is 12.8 Å². The third kappa shape index (κ3) is 2.65. The summed E-state index contributed by atoms with van der Waals surface area (Å²) in [6.07, 6.45) is 1.47. The molecule has 1 aromatic carbocycles. The summed E-state index contributed by atoms with van der Waals surface area (Å²) in [6, 6.07) is 1.80. The Morgan fingerprint density at radius 2 is 1.94 bits per heavy atom. The van der Waals surface area contributed by atoms with E-state index in [1.165, 1.54) is 14.2 Å². The zero-order chi connectivity index (χ0) is 12.1. The highest BCUT2D eigenvalue weighted by Crippen LogP contribution is 2.37. The van der Waals surface area contributed by atoms with Gasteiger partial charge in [-0.3, -0.25) is 0 Å². The van der Waals surface area contributed by atoms with Crippen molar-refractivity contribution in [2.75, 3.05) is 20.8 Å². The van der Waals surface area contributed by atoms with E-state index < -0.39 is 5.82 Å². The van der Waals surface area contributed by atoms with Gasteiger partial charge in [0.05, 0.1) is 18.7 Å². The van der Waals surface area contributed by atoms with Crippen molar-refractivity contribution in [3.8, 4) is 11.5 Å². The molecule has 0 saturated carbocycles. The number of hydrogen-bond acceptors (Lipinski definition) is 3. The average molecular weight is 292 g/mol. The molecule has 1 rings (SSSR count). The lowest BCUT2D eigenvalue weighted by molar-refractivity contribution is 0.345. The normalized spacial score (nSPS) is 10.3. The van der Waals surface area contributed by atoms with Gasteiger partial charge in [-0.25, -0.2) is 0 Å². The number of nitrogens with two attached hydrogens (primary N) is 1. The number of methoxy groups -OCH3 is 2. The number of hydrogen-bond donors (Lipinski definition) is 1. The minimum atomic E-state index is -0.480. The summed E-state index contributed by atoms with van der Waals surface area (Å²) in [4.78, 5) is 0. The molecule has 0 atom stereocenters. The summed E-state index contributed by atoms with van der Waals surface area (Å²) < 4.78 is 24.5. The van der Waals surface area contributed by atoms with Crippen molar-refractivity contribution < 1.29 is 13.9 Å². The minimum absolute atomic E-state index is 0.161. The lowest BCUT2D eigenvalue weighted by Gasteiger charge is -2.13. The zero-order valence-electron chi connectivity index (χ0n) is 9.35. The monoisotopic (exact) mass is 291 g/mol. The van der Waals surface area contributed by atoms with E-state index >= 15 is 0 Å². The maximum atomic E-state index is 13.9. The van der Waals surface area contributed by atoms with Crippen LogP contribution < -0.4 is 15.2 Å². The molecule has 3 nitrogen and oxygen atoms in total. The first-order chi connectivity index (χ1) is 7.65. The van der Waals surface area contributed by atoms with Crippen molar-refractivity contribution >= 4 is 15.9 Å². The Morgan fingerprint density at radius 3 is 2.44 bits per heavy atom. The van der Waals surface area contributed by atoms with E-state index in [0.717, 1.165) is 12.0 Å². The van der Waals surface area contributed by atoms with Gasteiger partial charge in [0, 0.05) is 0 Å². The largest absolute Gasteiger partial charge is 0.493 e. The van der Waals surface area contributed by atoms with E-state index in [1.54, 1.807) is 6.07 Å². The van der Waals surface area contributed by atoms with Gasteiger partial charge in [-0.1, -0.05) is 0 Å². The number of benzene rings is 1. The fraction of sp³-hybridized carbons (Fsp3) is 0.455. The Hall–Kier alpha value is -0.810. The molecule has 0 aliphatic rings. The maximum absolute atomic E-state index is 13.9. The Labute approximate surface area is 103 Å². The van der Waals surface area contributed by atoms with Crippen molar-refractivity contribution in [3.05, 3.63) is 21.9 Å². The number of halogens is 2. The van der Waals surface area contributed by atoms with E-state index in [-0.39, 0.29) is 11.5 Å². The van der Waals surface area contributed by atoms with Gasteiger partial charge in [0.25, 0.3) is 0 Å². The van der Waals surface area contributed by atoms with Crippen LogP contribution in [0.5, 0.6) is 11.5 Å². The molecular formula is C11H15BrFNO2. The lowest BCUT2D eigenvalue weighted by Crippen LogP contribution is -2.04. The molecule has 2 N–H and O–H groups in total. The molecule has 0 fully saturated rings. The third-order valence-corrected chi connectivity index (χ3v) is 2.86. The van der Waals surface area contributed by atoms with Crippen molar-refractivity contribution in [1.82, 2.24) is 0 Å². The van der Waals surface area contributed by atoms with Crippen LogP contribution in [-0.2, 0) is 6.42 Å². The molecule has 0 saturated heterocycles. The summed E-state index contributed by atoms with van der Waals surface area (Å²) in [7, 11) is 2.86. The molecule has 16 heavy (non-hydrogen) atoms. The zero-order valence-corrected chi connectivity index (χ0v) is 10.9. The first-order valence-corrected chi connectivity index (χ1v) is 5.73. The van der Waals surface area contributed by atoms with Crippen LogP contribution in [0, 0.1) is 5.82 Å². The van der Waals surface area contributed by atoms with Gasteiger partial charge >= 0.3 is 0 Å². The predicted octanol–water partition coefficient (Wildman–Crippen LogP) is 2.50. The molecule has 0 heterocycles. The highest BCUT2D eigenvalue weighted by molar-refractivity contribution is 9.10. The highest BCUT2D eigenvalue weighted by atomic mass is 79.9. The van der Waals surface area contributed by atoms with E-state index in [2.05, 4.69) is 15.9 Å². The van der Waals surface area contributed by atoms with Crippen LogP contribution in [0.2, 0.25) is 0 Å². The molecule has 0 aliphatic heterocycles. The van der Waals surface area contributed by atoms with Crippen LogP contribution in [0.15, 0.2) is 10.5 Å². The minimum Gasteiger partial charge on any atom is -0.493 e. The Bertz CT molecular complexity index is 371. The van der Waals surface area contributed by atoms with Crippen LogP contribution >= 0.6 is 15.9 Å². The molecule has 0 spiro atoms. The highest BCUT2D eigenvalue weighted by Gasteiger charge is 2.18. The maximum Gasteiger partial charge on any atom is 0.208 e. The second-order valence-electron chi connectivity index (χ2n) is 3.29. The summed E-state index contributed by atoms with van der Waals surface area (Å²) in [5.41, 5.74) is 6.22. The van der Waals surface area contributed by atoms with E-state index in [9.17, 15) is 4.39 Å². The van der Waals surface area contributed by atoms with E-state index in [4.69, 9.17) is 15.2 Å². The van der Waals surface area contributed by atoms with Gasteiger partial charge in [0.1, 0.15) is 0 Å². The lowest BCUT2D eigenvalue weighted by atomic mass is 10.1. The van der Waals surface area contributed by atoms with Crippen molar-refractivity contribution in [1.29, 1.82) is 0 Å². The summed E-state index contributed by atoms with van der Waals surface area (Å²) >= 11 is 3.26. The summed E-state index contributed by atoms with van der Waals surface area (Å²) in [5.74, 6) is -0.0896. The Kier molecular flexibility index (Phi) is 5.02.